The van der Waals surface area contributed by atoms with E-state index in [0.29, 0.717) is 0 Å². The average molecular weight is 731 g/mol. The van der Waals surface area contributed by atoms with Crippen LogP contribution < -0.4 is 32.7 Å². The number of hydrogen-bond donors (Lipinski definition) is 12. The molecule has 258 valence electrons. The van der Waals surface area contributed by atoms with E-state index in [1.54, 1.807) is 0 Å². The molecule has 0 radical (unpaired) electrons. The van der Waals surface area contributed by atoms with Crippen molar-refractivity contribution in [2.45, 2.75) is 49.9 Å². The van der Waals surface area contributed by atoms with Gasteiger partial charge in [-0.15, -0.1) is 0 Å². The zero-order valence-electron chi connectivity index (χ0n) is 23.1. The molecular weight excluding hydrogens is 696 g/mol. The number of carbonyl (C=O) groups excluding carboxylic acids is 4. The first-order valence-corrected chi connectivity index (χ1v) is 12.9. The molecule has 0 bridgehead atoms. The van der Waals surface area contributed by atoms with E-state index < -0.39 is 84.8 Å². The van der Waals surface area contributed by atoms with Crippen LogP contribution in [0, 0.1) is 9.81 Å². The van der Waals surface area contributed by atoms with E-state index >= 15 is 0 Å². The fraction of sp³-hybridized carbons (Fsp3) is 0.600. The molecule has 0 fully saturated rings. The Morgan fingerprint density at radius 3 is 1.07 bits per heavy atom. The summed E-state index contributed by atoms with van der Waals surface area (Å²) in [6.45, 7) is -1.13. The Balaban J connectivity index is -0.000000209. The third-order valence-electron chi connectivity index (χ3n) is 4.50. The summed E-state index contributed by atoms with van der Waals surface area (Å²) in [6.07, 6.45) is -0.470. The smallest absolute Gasteiger partial charge is 0.577 e. The van der Waals surface area contributed by atoms with Gasteiger partial charge < -0.3 is 74.2 Å². The number of carbonyl (C=O) groups is 8. The molecule has 0 aliphatic carbocycles. The van der Waals surface area contributed by atoms with Gasteiger partial charge in [0.15, 0.2) is 0 Å². The molecule has 0 saturated heterocycles. The van der Waals surface area contributed by atoms with E-state index in [-0.39, 0.29) is 54.3 Å². The van der Waals surface area contributed by atoms with E-state index in [0.717, 1.165) is 0 Å². The molecule has 12 N–H and O–H groups in total. The second-order valence-corrected chi connectivity index (χ2v) is 8.53. The Bertz CT molecular complexity index is 894. The van der Waals surface area contributed by atoms with Gasteiger partial charge in [0.1, 0.15) is 37.3 Å². The molecule has 0 aliphatic rings. The van der Waals surface area contributed by atoms with Crippen LogP contribution in [0.3, 0.4) is 0 Å². The number of nitrogens with zero attached hydrogens (tertiary/aromatic N) is 2. The van der Waals surface area contributed by atoms with Crippen LogP contribution in [0.1, 0.15) is 25.7 Å². The first-order chi connectivity index (χ1) is 20.5. The maximum Gasteiger partial charge on any atom is 2.00 e. The first-order valence-electron chi connectivity index (χ1n) is 11.7. The zero-order valence-corrected chi connectivity index (χ0v) is 26.0. The Labute approximate surface area is 276 Å². The fourth-order valence-corrected chi connectivity index (χ4v) is 2.83. The van der Waals surface area contributed by atoms with E-state index in [1.165, 1.54) is 0 Å². The molecule has 4 amide bonds. The van der Waals surface area contributed by atoms with E-state index in [2.05, 4.69) is 46.5 Å². The largest absolute Gasteiger partial charge is 2.00 e. The number of carboxylic acid groups (broad SMARTS) is 4. The summed E-state index contributed by atoms with van der Waals surface area (Å²) >= 11 is 7.75. The van der Waals surface area contributed by atoms with Crippen molar-refractivity contribution in [2.24, 2.45) is 11.5 Å². The Hall–Kier alpha value is -3.90. The number of nitroso groups, excluding NO2 is 2. The van der Waals surface area contributed by atoms with Crippen molar-refractivity contribution in [1.82, 2.24) is 21.3 Å². The van der Waals surface area contributed by atoms with Gasteiger partial charge in [0.2, 0.25) is 23.6 Å². The Kier molecular flexibility index (Phi) is 35.5. The minimum absolute atomic E-state index is 0. The van der Waals surface area contributed by atoms with Crippen molar-refractivity contribution in [3.63, 3.8) is 0 Å². The molecule has 25 heteroatoms. The van der Waals surface area contributed by atoms with Crippen LogP contribution >= 0.6 is 25.3 Å². The number of hydrogen-bond acceptors (Lipinski definition) is 14. The minimum atomic E-state index is -1.22. The second kappa shape index (κ2) is 31.5. The van der Waals surface area contributed by atoms with E-state index in [4.69, 9.17) is 52.9 Å². The molecule has 0 saturated carbocycles. The van der Waals surface area contributed by atoms with Crippen LogP contribution in [0.15, 0.2) is 0 Å². The van der Waals surface area contributed by atoms with Crippen LogP contribution in [0.2, 0.25) is 0 Å². The standard InChI is InChI=1S/2C10H17N3O6S.Fe.2NO/c2*11-5(10(18)19)1-2-7(14)13-6(4-20)9(17)12-3-8(15)16;;2*1-2/h2*5-6,20H,1-4,11H2,(H,12,17)(H,13,14)(H,15,16)(H,18,19);;;/q;;+2;2*-1. The van der Waals surface area contributed by atoms with Crippen molar-refractivity contribution in [1.29, 1.82) is 0 Å². The van der Waals surface area contributed by atoms with Crippen LogP contribution in [0.5, 0.6) is 0 Å². The third-order valence-corrected chi connectivity index (χ3v) is 5.23. The van der Waals surface area contributed by atoms with Gasteiger partial charge >= 0.3 is 40.9 Å². The average Bonchev–Trinajstić information content (AvgIpc) is 2.99. The van der Waals surface area contributed by atoms with Crippen molar-refractivity contribution in [3.8, 4) is 0 Å². The summed E-state index contributed by atoms with van der Waals surface area (Å²) in [5, 5.41) is 42.7. The molecule has 0 aromatic carbocycles. The van der Waals surface area contributed by atoms with Crippen molar-refractivity contribution < 1.29 is 75.9 Å². The summed E-state index contributed by atoms with van der Waals surface area (Å²) < 4.78 is 0. The maximum absolute atomic E-state index is 11.5. The van der Waals surface area contributed by atoms with Gasteiger partial charge in [-0.2, -0.15) is 25.3 Å². The topological polar surface area (TPSA) is 396 Å². The van der Waals surface area contributed by atoms with Gasteiger partial charge in [-0.05, 0) is 12.8 Å². The number of thiol groups is 2. The first kappa shape index (κ1) is 50.7. The summed E-state index contributed by atoms with van der Waals surface area (Å²) in [5.74, 6) is -7.41. The van der Waals surface area contributed by atoms with Crippen LogP contribution in [-0.4, -0.2) is 117 Å². The molecule has 22 nitrogen and oxygen atoms in total. The zero-order chi connectivity index (χ0) is 35.4. The molecule has 0 aliphatic heterocycles. The minimum Gasteiger partial charge on any atom is -0.577 e. The summed E-state index contributed by atoms with van der Waals surface area (Å²) in [4.78, 5) is 102. The van der Waals surface area contributed by atoms with Crippen LogP contribution in [0.4, 0.5) is 0 Å². The quantitative estimate of drug-likeness (QED) is 0.0475. The molecule has 0 aromatic heterocycles. The van der Waals surface area contributed by atoms with Gasteiger partial charge in [0.25, 0.3) is 0 Å². The molecule has 45 heavy (non-hydrogen) atoms. The summed E-state index contributed by atoms with van der Waals surface area (Å²) in [5.41, 5.74) is 22.0. The number of nitrogens with two attached hydrogens (primary N) is 2. The number of rotatable bonds is 18. The number of nitrogens with one attached hydrogen (secondary N) is 4. The maximum atomic E-state index is 11.5. The molecule has 0 rings (SSSR count). The molecule has 4 unspecified atom stereocenters. The van der Waals surface area contributed by atoms with Crippen molar-refractivity contribution in [2.75, 3.05) is 24.6 Å². The predicted octanol–water partition coefficient (Wildman–Crippen LogP) is -3.77. The monoisotopic (exact) mass is 730 g/mol. The van der Waals surface area contributed by atoms with Gasteiger partial charge in [-0.25, -0.2) is 0 Å². The van der Waals surface area contributed by atoms with Gasteiger partial charge in [0, 0.05) is 24.3 Å². The number of amides is 4. The van der Waals surface area contributed by atoms with Gasteiger partial charge in [-0.1, -0.05) is 0 Å². The molecule has 4 atom stereocenters. The number of carboxylic acids is 4. The molecule has 0 spiro atoms. The predicted molar refractivity (Wildman–Crippen MR) is 156 cm³/mol. The van der Waals surface area contributed by atoms with Crippen molar-refractivity contribution in [3.05, 3.63) is 21.0 Å². The second-order valence-electron chi connectivity index (χ2n) is 7.80. The van der Waals surface area contributed by atoms with Gasteiger partial charge in [-0.3, -0.25) is 38.4 Å². The normalized spacial score (nSPS) is 11.8. The van der Waals surface area contributed by atoms with E-state index in [1.807, 2.05) is 0 Å². The molecule has 0 heterocycles. The molecular formula is C20H34FeN8O14S2. The van der Waals surface area contributed by atoms with Crippen molar-refractivity contribution >= 4 is 72.8 Å². The van der Waals surface area contributed by atoms with E-state index in [9.17, 15) is 38.4 Å². The van der Waals surface area contributed by atoms with Crippen LogP contribution in [0.25, 0.3) is 11.2 Å². The summed E-state index contributed by atoms with van der Waals surface area (Å²) in [6, 6.07) is -4.30. The number of aliphatic carboxylic acids is 4. The summed E-state index contributed by atoms with van der Waals surface area (Å²) in [7, 11) is 0. The van der Waals surface area contributed by atoms with Gasteiger partial charge in [0.05, 0.1) is 0 Å². The Morgan fingerprint density at radius 1 is 0.600 bits per heavy atom. The fourth-order valence-electron chi connectivity index (χ4n) is 2.31. The SMILES string of the molecule is NC(CCC(=O)NC(CS)C(=O)NCC(=O)O)C(=O)O.NC(CCC(=O)NC(CS)C(=O)NCC(=O)O)C(=O)O.[Fe+2].[N-]=O.[N-]=O. The molecule has 0 aromatic rings. The van der Waals surface area contributed by atoms with Crippen LogP contribution in [-0.2, 0) is 55.4 Å². The Morgan fingerprint density at radius 2 is 0.867 bits per heavy atom. The third kappa shape index (κ3) is 29.9.